The molecule has 0 aliphatic carbocycles. The Morgan fingerprint density at radius 1 is 1.23 bits per heavy atom. The van der Waals surface area contributed by atoms with Crippen molar-refractivity contribution >= 4 is 18.5 Å². The Kier molecular flexibility index (Phi) is 13.5. The van der Waals surface area contributed by atoms with Crippen molar-refractivity contribution in [1.82, 2.24) is 5.32 Å². The molecule has 7 heteroatoms. The van der Waals surface area contributed by atoms with Crippen LogP contribution in [0, 0.1) is 0 Å². The van der Waals surface area contributed by atoms with E-state index in [1.165, 1.54) is 7.11 Å². The summed E-state index contributed by atoms with van der Waals surface area (Å²) in [6.07, 6.45) is 6.44. The first-order valence-corrected chi connectivity index (χ1v) is 10.6. The second-order valence-corrected chi connectivity index (χ2v) is 8.22. The van der Waals surface area contributed by atoms with Crippen LogP contribution >= 0.6 is 6.72 Å². The third-order valence-electron chi connectivity index (χ3n) is 2.75. The highest BCUT2D eigenvalue weighted by molar-refractivity contribution is 8.07. The van der Waals surface area contributed by atoms with Gasteiger partial charge in [0.25, 0.3) is 0 Å². The van der Waals surface area contributed by atoms with E-state index in [2.05, 4.69) is 23.7 Å². The standard InChI is InChI=1S/C15H32NO4PS/c1-6-11-15(4)16-12-9-7-8-10-13-18-21(22,20-17-5)19-14(2)3/h14,16H,4,6-13H2,1-3,5H3. The van der Waals surface area contributed by atoms with Gasteiger partial charge in [0.1, 0.15) is 0 Å². The zero-order chi connectivity index (χ0) is 16.8. The van der Waals surface area contributed by atoms with Gasteiger partial charge in [-0.2, -0.15) is 0 Å². The first-order chi connectivity index (χ1) is 10.4. The van der Waals surface area contributed by atoms with Gasteiger partial charge in [-0.05, 0) is 44.9 Å². The van der Waals surface area contributed by atoms with Gasteiger partial charge in [-0.1, -0.05) is 32.8 Å². The molecule has 1 N–H and O–H groups in total. The van der Waals surface area contributed by atoms with Gasteiger partial charge in [0, 0.05) is 12.2 Å². The molecule has 0 aromatic rings. The summed E-state index contributed by atoms with van der Waals surface area (Å²) in [5.41, 5.74) is 1.13. The van der Waals surface area contributed by atoms with E-state index < -0.39 is 6.72 Å². The monoisotopic (exact) mass is 353 g/mol. The molecule has 0 aromatic heterocycles. The Bertz CT molecular complexity index is 340. The molecule has 0 saturated heterocycles. The first-order valence-electron chi connectivity index (χ1n) is 8.00. The van der Waals surface area contributed by atoms with Crippen LogP contribution in [0.3, 0.4) is 0 Å². The molecule has 0 fully saturated rings. The van der Waals surface area contributed by atoms with E-state index >= 15 is 0 Å². The highest BCUT2D eigenvalue weighted by Crippen LogP contribution is 2.51. The number of hydrogen-bond acceptors (Lipinski definition) is 6. The minimum absolute atomic E-state index is 0.0525. The zero-order valence-electron chi connectivity index (χ0n) is 14.4. The molecule has 0 bridgehead atoms. The number of hydrogen-bond donors (Lipinski definition) is 1. The van der Waals surface area contributed by atoms with Crippen molar-refractivity contribution < 1.29 is 18.6 Å². The van der Waals surface area contributed by atoms with Crippen LogP contribution < -0.4 is 5.32 Å². The van der Waals surface area contributed by atoms with E-state index in [4.69, 9.17) is 25.5 Å². The lowest BCUT2D eigenvalue weighted by Crippen LogP contribution is -2.13. The third-order valence-corrected chi connectivity index (χ3v) is 5.02. The highest BCUT2D eigenvalue weighted by Gasteiger charge is 2.23. The smallest absolute Gasteiger partial charge is 0.355 e. The van der Waals surface area contributed by atoms with Gasteiger partial charge in [-0.25, -0.2) is 4.89 Å². The molecule has 0 heterocycles. The van der Waals surface area contributed by atoms with Crippen LogP contribution in [-0.4, -0.2) is 26.4 Å². The minimum Gasteiger partial charge on any atom is -0.389 e. The summed E-state index contributed by atoms with van der Waals surface area (Å²) in [5.74, 6) is 0. The highest BCUT2D eigenvalue weighted by atomic mass is 32.5. The predicted molar refractivity (Wildman–Crippen MR) is 95.1 cm³/mol. The molecular weight excluding hydrogens is 321 g/mol. The summed E-state index contributed by atoms with van der Waals surface area (Å²) in [7, 11) is 1.41. The minimum atomic E-state index is -2.77. The lowest BCUT2D eigenvalue weighted by molar-refractivity contribution is -0.193. The number of allylic oxidation sites excluding steroid dienone is 1. The third kappa shape index (κ3) is 12.6. The van der Waals surface area contributed by atoms with Gasteiger partial charge < -0.3 is 14.4 Å². The molecule has 5 nitrogen and oxygen atoms in total. The van der Waals surface area contributed by atoms with Crippen molar-refractivity contribution in [1.29, 1.82) is 0 Å². The van der Waals surface area contributed by atoms with Crippen LogP contribution in [0.25, 0.3) is 0 Å². The summed E-state index contributed by atoms with van der Waals surface area (Å²) < 4.78 is 16.1. The van der Waals surface area contributed by atoms with E-state index in [0.29, 0.717) is 6.61 Å². The summed E-state index contributed by atoms with van der Waals surface area (Å²) in [6, 6.07) is 0. The van der Waals surface area contributed by atoms with E-state index in [-0.39, 0.29) is 6.10 Å². The van der Waals surface area contributed by atoms with Crippen molar-refractivity contribution in [2.24, 2.45) is 0 Å². The first kappa shape index (κ1) is 22.0. The second kappa shape index (κ2) is 13.5. The molecule has 0 rings (SSSR count). The molecule has 1 unspecified atom stereocenters. The van der Waals surface area contributed by atoms with Crippen LogP contribution in [0.4, 0.5) is 0 Å². The summed E-state index contributed by atoms with van der Waals surface area (Å²) >= 11 is 5.25. The average Bonchev–Trinajstić information content (AvgIpc) is 2.41. The van der Waals surface area contributed by atoms with E-state index in [0.717, 1.165) is 50.8 Å². The topological polar surface area (TPSA) is 49.0 Å². The molecule has 132 valence electrons. The van der Waals surface area contributed by atoms with Gasteiger partial charge in [0.15, 0.2) is 0 Å². The van der Waals surface area contributed by atoms with Crippen LogP contribution in [0.1, 0.15) is 59.3 Å². The van der Waals surface area contributed by atoms with Crippen molar-refractivity contribution in [3.05, 3.63) is 12.3 Å². The predicted octanol–water partition coefficient (Wildman–Crippen LogP) is 4.69. The Morgan fingerprint density at radius 2 is 1.91 bits per heavy atom. The average molecular weight is 353 g/mol. The fraction of sp³-hybridized carbons (Fsp3) is 0.867. The molecule has 0 radical (unpaired) electrons. The molecule has 0 aliphatic rings. The fourth-order valence-electron chi connectivity index (χ4n) is 1.83. The van der Waals surface area contributed by atoms with Crippen LogP contribution in [0.5, 0.6) is 0 Å². The van der Waals surface area contributed by atoms with Crippen molar-refractivity contribution in [2.75, 3.05) is 20.3 Å². The number of rotatable bonds is 15. The molecule has 0 aliphatic heterocycles. The maximum absolute atomic E-state index is 5.58. The lowest BCUT2D eigenvalue weighted by atomic mass is 10.2. The molecule has 0 amide bonds. The lowest BCUT2D eigenvalue weighted by Gasteiger charge is -2.21. The largest absolute Gasteiger partial charge is 0.389 e. The zero-order valence-corrected chi connectivity index (χ0v) is 16.1. The second-order valence-electron chi connectivity index (χ2n) is 5.37. The van der Waals surface area contributed by atoms with E-state index in [1.54, 1.807) is 0 Å². The Labute approximate surface area is 140 Å². The molecule has 0 saturated carbocycles. The maximum Gasteiger partial charge on any atom is 0.355 e. The van der Waals surface area contributed by atoms with Crippen LogP contribution in [-0.2, 0) is 30.4 Å². The van der Waals surface area contributed by atoms with E-state index in [9.17, 15) is 0 Å². The summed E-state index contributed by atoms with van der Waals surface area (Å²) in [6.45, 7) is 8.67. The summed E-state index contributed by atoms with van der Waals surface area (Å²) in [5, 5.41) is 3.34. The number of unbranched alkanes of at least 4 members (excludes halogenated alkanes) is 3. The van der Waals surface area contributed by atoms with Gasteiger partial charge in [0.2, 0.25) is 0 Å². The van der Waals surface area contributed by atoms with Crippen LogP contribution in [0.15, 0.2) is 12.3 Å². The normalized spacial score (nSPS) is 14.0. The number of nitrogens with one attached hydrogen (secondary N) is 1. The maximum atomic E-state index is 5.58. The quantitative estimate of drug-likeness (QED) is 0.199. The molecule has 0 aromatic carbocycles. The molecule has 22 heavy (non-hydrogen) atoms. The van der Waals surface area contributed by atoms with Crippen molar-refractivity contribution in [3.63, 3.8) is 0 Å². The van der Waals surface area contributed by atoms with Crippen molar-refractivity contribution in [2.45, 2.75) is 65.4 Å². The molecule has 0 spiro atoms. The van der Waals surface area contributed by atoms with Crippen molar-refractivity contribution in [3.8, 4) is 0 Å². The molecule has 1 atom stereocenters. The van der Waals surface area contributed by atoms with Gasteiger partial charge in [-0.3, -0.25) is 0 Å². The van der Waals surface area contributed by atoms with E-state index in [1.807, 2.05) is 13.8 Å². The Morgan fingerprint density at radius 3 is 2.50 bits per heavy atom. The van der Waals surface area contributed by atoms with Gasteiger partial charge >= 0.3 is 6.72 Å². The summed E-state index contributed by atoms with van der Waals surface area (Å²) in [4.78, 5) is 4.64. The van der Waals surface area contributed by atoms with Gasteiger partial charge in [0.05, 0.1) is 19.8 Å². The van der Waals surface area contributed by atoms with Gasteiger partial charge in [-0.15, -0.1) is 4.67 Å². The van der Waals surface area contributed by atoms with Crippen LogP contribution in [0.2, 0.25) is 0 Å². The molecular formula is C15H32NO4PS. The Balaban J connectivity index is 3.65. The Hall–Kier alpha value is 0.0300. The SMILES string of the molecule is C=C(CCC)NCCCCCCOP(=S)(OOC)OC(C)C. The fourth-order valence-corrected chi connectivity index (χ4v) is 3.94.